The molecule has 0 N–H and O–H groups in total. The summed E-state index contributed by atoms with van der Waals surface area (Å²) in [5.41, 5.74) is 5.39. The van der Waals surface area contributed by atoms with E-state index in [1.54, 1.807) is 16.3 Å². The highest BCUT2D eigenvalue weighted by atomic mass is 28.3. The highest BCUT2D eigenvalue weighted by Gasteiger charge is 2.46. The lowest BCUT2D eigenvalue weighted by atomic mass is 9.97. The standard InChI is InChI=1S/C14H16Si/c1-10-6-4-8-12-11-7-5-9-13(11)15(2,3)14(10)12/h4-9,14H,1-3H3. The summed E-state index contributed by atoms with van der Waals surface area (Å²) in [5, 5.41) is 1.65. The Morgan fingerprint density at radius 3 is 2.60 bits per heavy atom. The first-order chi connectivity index (χ1) is 7.12. The summed E-state index contributed by atoms with van der Waals surface area (Å²) in [6, 6.07) is 0. The molecule has 3 aliphatic rings. The van der Waals surface area contributed by atoms with Gasteiger partial charge in [0, 0.05) is 5.54 Å². The van der Waals surface area contributed by atoms with Gasteiger partial charge in [-0.05, 0) is 18.1 Å². The van der Waals surface area contributed by atoms with Crippen molar-refractivity contribution in [2.75, 3.05) is 0 Å². The van der Waals surface area contributed by atoms with Gasteiger partial charge in [-0.15, -0.1) is 0 Å². The smallest absolute Gasteiger partial charge is 0.0682 e. The molecule has 2 aliphatic carbocycles. The second-order valence-electron chi connectivity index (χ2n) is 5.23. The van der Waals surface area contributed by atoms with Gasteiger partial charge in [-0.2, -0.15) is 0 Å². The second kappa shape index (κ2) is 2.73. The zero-order chi connectivity index (χ0) is 10.6. The highest BCUT2D eigenvalue weighted by Crippen LogP contribution is 2.53. The van der Waals surface area contributed by atoms with Gasteiger partial charge in [0.15, 0.2) is 0 Å². The van der Waals surface area contributed by atoms with Crippen LogP contribution in [0.15, 0.2) is 58.4 Å². The van der Waals surface area contributed by atoms with Crippen LogP contribution in [-0.4, -0.2) is 8.07 Å². The van der Waals surface area contributed by atoms with Crippen molar-refractivity contribution in [2.24, 2.45) is 0 Å². The van der Waals surface area contributed by atoms with Gasteiger partial charge < -0.3 is 0 Å². The predicted octanol–water partition coefficient (Wildman–Crippen LogP) is 3.93. The van der Waals surface area contributed by atoms with Crippen molar-refractivity contribution >= 4 is 8.07 Å². The Morgan fingerprint density at radius 1 is 1.07 bits per heavy atom. The third kappa shape index (κ3) is 1.02. The van der Waals surface area contributed by atoms with Gasteiger partial charge in [-0.25, -0.2) is 0 Å². The van der Waals surface area contributed by atoms with Gasteiger partial charge >= 0.3 is 0 Å². The van der Waals surface area contributed by atoms with E-state index in [2.05, 4.69) is 56.5 Å². The van der Waals surface area contributed by atoms with Gasteiger partial charge in [0.05, 0.1) is 8.07 Å². The molecule has 0 aromatic carbocycles. The van der Waals surface area contributed by atoms with Crippen molar-refractivity contribution in [3.63, 3.8) is 0 Å². The van der Waals surface area contributed by atoms with Crippen molar-refractivity contribution < 1.29 is 0 Å². The molecule has 0 saturated carbocycles. The summed E-state index contributed by atoms with van der Waals surface area (Å²) >= 11 is 0. The SMILES string of the molecule is CC1=CC=CC2=C3C=CC=C3[Si](C)(C)C12. The van der Waals surface area contributed by atoms with Crippen LogP contribution >= 0.6 is 0 Å². The van der Waals surface area contributed by atoms with Crippen molar-refractivity contribution in [3.8, 4) is 0 Å². The maximum Gasteiger partial charge on any atom is 0.0931 e. The number of hydrogen-bond donors (Lipinski definition) is 0. The van der Waals surface area contributed by atoms with Crippen molar-refractivity contribution in [1.29, 1.82) is 0 Å². The van der Waals surface area contributed by atoms with Crippen molar-refractivity contribution in [1.82, 2.24) is 0 Å². The first-order valence-corrected chi connectivity index (χ1v) is 8.68. The van der Waals surface area contributed by atoms with Crippen molar-refractivity contribution in [3.05, 3.63) is 58.4 Å². The first-order valence-electron chi connectivity index (χ1n) is 5.60. The Labute approximate surface area is 92.4 Å². The molecule has 0 amide bonds. The molecule has 15 heavy (non-hydrogen) atoms. The van der Waals surface area contributed by atoms with Crippen LogP contribution in [0.4, 0.5) is 0 Å². The lowest BCUT2D eigenvalue weighted by Gasteiger charge is -2.30. The maximum absolute atomic E-state index is 2.50. The molecule has 0 nitrogen and oxygen atoms in total. The minimum atomic E-state index is -1.29. The van der Waals surface area contributed by atoms with Crippen LogP contribution in [0.3, 0.4) is 0 Å². The lowest BCUT2D eigenvalue weighted by molar-refractivity contribution is 1.09. The van der Waals surface area contributed by atoms with E-state index in [1.165, 1.54) is 5.57 Å². The zero-order valence-corrected chi connectivity index (χ0v) is 10.5. The third-order valence-electron chi connectivity index (χ3n) is 3.94. The van der Waals surface area contributed by atoms with E-state index in [4.69, 9.17) is 0 Å². The second-order valence-corrected chi connectivity index (χ2v) is 9.79. The molecule has 1 aliphatic heterocycles. The van der Waals surface area contributed by atoms with E-state index in [-0.39, 0.29) is 0 Å². The van der Waals surface area contributed by atoms with Crippen LogP contribution in [0.2, 0.25) is 18.6 Å². The third-order valence-corrected chi connectivity index (χ3v) is 7.98. The molecule has 0 fully saturated rings. The van der Waals surface area contributed by atoms with E-state index in [0.29, 0.717) is 0 Å². The highest BCUT2D eigenvalue weighted by molar-refractivity contribution is 6.89. The molecule has 1 atom stereocenters. The molecule has 0 spiro atoms. The van der Waals surface area contributed by atoms with Crippen LogP contribution in [0, 0.1) is 0 Å². The first kappa shape index (κ1) is 9.17. The van der Waals surface area contributed by atoms with E-state index in [1.807, 2.05) is 0 Å². The molecule has 1 heterocycles. The fraction of sp³-hybridized carbons (Fsp3) is 0.286. The Kier molecular flexibility index (Phi) is 1.67. The normalized spacial score (nSPS) is 30.2. The minimum Gasteiger partial charge on any atom is -0.0682 e. The van der Waals surface area contributed by atoms with Crippen LogP contribution in [-0.2, 0) is 0 Å². The van der Waals surface area contributed by atoms with Gasteiger partial charge in [0.1, 0.15) is 0 Å². The zero-order valence-electron chi connectivity index (χ0n) is 9.54. The summed E-state index contributed by atoms with van der Waals surface area (Å²) in [6.07, 6.45) is 13.7. The Hall–Kier alpha value is -1.08. The topological polar surface area (TPSA) is 0 Å². The van der Waals surface area contributed by atoms with Gasteiger partial charge in [-0.1, -0.05) is 60.3 Å². The molecule has 0 aromatic heterocycles. The van der Waals surface area contributed by atoms with Gasteiger partial charge in [0.25, 0.3) is 0 Å². The minimum absolute atomic E-state index is 0.730. The fourth-order valence-electron chi connectivity index (χ4n) is 3.33. The predicted molar refractivity (Wildman–Crippen MR) is 68.4 cm³/mol. The molecule has 1 unspecified atom stereocenters. The van der Waals surface area contributed by atoms with E-state index < -0.39 is 8.07 Å². The summed E-state index contributed by atoms with van der Waals surface area (Å²) in [4.78, 5) is 0. The molecule has 0 aromatic rings. The van der Waals surface area contributed by atoms with E-state index in [9.17, 15) is 0 Å². The summed E-state index contributed by atoms with van der Waals surface area (Å²) in [6.45, 7) is 7.29. The van der Waals surface area contributed by atoms with Crippen LogP contribution < -0.4 is 0 Å². The van der Waals surface area contributed by atoms with E-state index in [0.717, 1.165) is 5.54 Å². The molecule has 0 radical (unpaired) electrons. The summed E-state index contributed by atoms with van der Waals surface area (Å²) in [5.74, 6) is 0. The average Bonchev–Trinajstić information content (AvgIpc) is 2.71. The molecule has 1 heteroatoms. The Morgan fingerprint density at radius 2 is 1.80 bits per heavy atom. The monoisotopic (exact) mass is 212 g/mol. The molecular weight excluding hydrogens is 196 g/mol. The van der Waals surface area contributed by atoms with E-state index >= 15 is 0 Å². The average molecular weight is 212 g/mol. The molecular formula is C14H16Si. The number of hydrogen-bond acceptors (Lipinski definition) is 0. The Bertz CT molecular complexity index is 481. The number of rotatable bonds is 0. The number of fused-ring (bicyclic) bond motifs is 2. The summed E-state index contributed by atoms with van der Waals surface area (Å²) in [7, 11) is -1.29. The molecule has 3 rings (SSSR count). The van der Waals surface area contributed by atoms with Gasteiger partial charge in [-0.3, -0.25) is 0 Å². The molecule has 0 bridgehead atoms. The molecule has 76 valence electrons. The van der Waals surface area contributed by atoms with Crippen LogP contribution in [0.1, 0.15) is 6.92 Å². The van der Waals surface area contributed by atoms with Crippen LogP contribution in [0.25, 0.3) is 0 Å². The fourth-order valence-corrected chi connectivity index (χ4v) is 7.36. The quantitative estimate of drug-likeness (QED) is 0.534. The summed E-state index contributed by atoms with van der Waals surface area (Å²) < 4.78 is 0. The largest absolute Gasteiger partial charge is 0.0931 e. The van der Waals surface area contributed by atoms with Gasteiger partial charge in [0.2, 0.25) is 0 Å². The Balaban J connectivity index is 2.26. The van der Waals surface area contributed by atoms with Crippen LogP contribution in [0.5, 0.6) is 0 Å². The molecule has 0 saturated heterocycles. The number of allylic oxidation sites excluding steroid dienone is 10. The lowest BCUT2D eigenvalue weighted by Crippen LogP contribution is -2.32. The maximum atomic E-state index is 2.50. The van der Waals surface area contributed by atoms with Crippen molar-refractivity contribution in [2.45, 2.75) is 25.6 Å².